The third-order valence-corrected chi connectivity index (χ3v) is 6.85. The van der Waals surface area contributed by atoms with Gasteiger partial charge in [-0.15, -0.1) is 0 Å². The fourth-order valence-corrected chi connectivity index (χ4v) is 4.87. The minimum Gasteiger partial charge on any atom is -0.0616 e. The van der Waals surface area contributed by atoms with E-state index in [1.807, 2.05) is 0 Å². The van der Waals surface area contributed by atoms with Gasteiger partial charge in [0.1, 0.15) is 0 Å². The van der Waals surface area contributed by atoms with Crippen LogP contribution in [0.5, 0.6) is 0 Å². The molecule has 0 aliphatic carbocycles. The number of rotatable bonds is 4. The maximum absolute atomic E-state index is 2.40. The standard InChI is InChI=1S/C32H30/c1-21-9-11-23(3)29(15-21)18-28-14-13-27-17-25-7-5-6-8-26(25)19-31(27)32(28)20-30-16-22(2)10-12-24(30)4/h5-17,19H,18,20H2,1-4H3. The van der Waals surface area contributed by atoms with E-state index in [0.29, 0.717) is 0 Å². The SMILES string of the molecule is Cc1ccc(C)c(Cc2ccc3cc4ccccc4cc3c2Cc2cc(C)ccc2C)c1. The Labute approximate surface area is 191 Å². The highest BCUT2D eigenvalue weighted by Gasteiger charge is 2.13. The lowest BCUT2D eigenvalue weighted by Gasteiger charge is -2.17. The van der Waals surface area contributed by atoms with Crippen LogP contribution in [0.1, 0.15) is 44.5 Å². The van der Waals surface area contributed by atoms with Gasteiger partial charge in [0, 0.05) is 0 Å². The molecule has 0 saturated heterocycles. The Morgan fingerprint density at radius 3 is 1.72 bits per heavy atom. The fraction of sp³-hybridized carbons (Fsp3) is 0.188. The molecule has 0 atom stereocenters. The average Bonchev–Trinajstić information content (AvgIpc) is 2.79. The average molecular weight is 415 g/mol. The zero-order chi connectivity index (χ0) is 22.2. The van der Waals surface area contributed by atoms with Gasteiger partial charge in [-0.2, -0.15) is 0 Å². The van der Waals surface area contributed by atoms with Crippen molar-refractivity contribution in [3.05, 3.63) is 129 Å². The Morgan fingerprint density at radius 2 is 1.06 bits per heavy atom. The summed E-state index contributed by atoms with van der Waals surface area (Å²) in [5.74, 6) is 0. The molecule has 0 unspecified atom stereocenters. The number of fused-ring (bicyclic) bond motifs is 2. The van der Waals surface area contributed by atoms with E-state index in [1.165, 1.54) is 66.1 Å². The predicted octanol–water partition coefficient (Wildman–Crippen LogP) is 8.41. The smallest absolute Gasteiger partial charge is 0.00140 e. The van der Waals surface area contributed by atoms with E-state index in [1.54, 1.807) is 0 Å². The highest BCUT2D eigenvalue weighted by atomic mass is 14.2. The van der Waals surface area contributed by atoms with E-state index in [-0.39, 0.29) is 0 Å². The summed E-state index contributed by atoms with van der Waals surface area (Å²) < 4.78 is 0. The van der Waals surface area contributed by atoms with Crippen molar-refractivity contribution in [2.45, 2.75) is 40.5 Å². The number of hydrogen-bond acceptors (Lipinski definition) is 0. The van der Waals surface area contributed by atoms with Crippen molar-refractivity contribution in [3.63, 3.8) is 0 Å². The number of aryl methyl sites for hydroxylation is 4. The minimum absolute atomic E-state index is 0.962. The molecule has 0 nitrogen and oxygen atoms in total. The van der Waals surface area contributed by atoms with E-state index in [2.05, 4.69) is 113 Å². The highest BCUT2D eigenvalue weighted by molar-refractivity contribution is 6.00. The lowest BCUT2D eigenvalue weighted by Crippen LogP contribution is -2.02. The molecule has 0 aliphatic heterocycles. The summed E-state index contributed by atoms with van der Waals surface area (Å²) in [7, 11) is 0. The number of hydrogen-bond donors (Lipinski definition) is 0. The number of benzene rings is 5. The normalized spacial score (nSPS) is 11.4. The molecule has 0 heterocycles. The van der Waals surface area contributed by atoms with E-state index in [0.717, 1.165) is 12.8 Å². The maximum Gasteiger partial charge on any atom is -0.00140 e. The highest BCUT2D eigenvalue weighted by Crippen LogP contribution is 2.32. The molecule has 0 bridgehead atoms. The molecule has 0 radical (unpaired) electrons. The molecule has 5 aromatic carbocycles. The van der Waals surface area contributed by atoms with Crippen LogP contribution < -0.4 is 0 Å². The molecular weight excluding hydrogens is 384 g/mol. The molecular formula is C32H30. The van der Waals surface area contributed by atoms with Gasteiger partial charge in [-0.05, 0) is 108 Å². The first-order valence-electron chi connectivity index (χ1n) is 11.5. The Hall–Kier alpha value is -3.38. The van der Waals surface area contributed by atoms with Crippen molar-refractivity contribution in [2.24, 2.45) is 0 Å². The third kappa shape index (κ3) is 3.94. The predicted molar refractivity (Wildman–Crippen MR) is 139 cm³/mol. The topological polar surface area (TPSA) is 0 Å². The van der Waals surface area contributed by atoms with E-state index < -0.39 is 0 Å². The summed E-state index contributed by atoms with van der Waals surface area (Å²) in [6.45, 7) is 8.84. The monoisotopic (exact) mass is 414 g/mol. The molecule has 0 spiro atoms. The van der Waals surface area contributed by atoms with Crippen LogP contribution in [0.4, 0.5) is 0 Å². The quantitative estimate of drug-likeness (QED) is 0.259. The van der Waals surface area contributed by atoms with Crippen LogP contribution in [-0.2, 0) is 12.8 Å². The largest absolute Gasteiger partial charge is 0.0616 e. The first-order valence-corrected chi connectivity index (χ1v) is 11.5. The molecule has 0 aromatic heterocycles. The summed E-state index contributed by atoms with van der Waals surface area (Å²) in [6.07, 6.45) is 1.93. The van der Waals surface area contributed by atoms with Crippen LogP contribution in [0.15, 0.2) is 84.9 Å². The Bertz CT molecular complexity index is 1450. The zero-order valence-electron chi connectivity index (χ0n) is 19.5. The summed E-state index contributed by atoms with van der Waals surface area (Å²) >= 11 is 0. The first-order chi connectivity index (χ1) is 15.5. The Kier molecular flexibility index (Phi) is 5.31. The van der Waals surface area contributed by atoms with Crippen molar-refractivity contribution in [1.82, 2.24) is 0 Å². The van der Waals surface area contributed by atoms with Gasteiger partial charge in [0.05, 0.1) is 0 Å². The molecule has 158 valence electrons. The summed E-state index contributed by atoms with van der Waals surface area (Å²) in [4.78, 5) is 0. The van der Waals surface area contributed by atoms with Gasteiger partial charge < -0.3 is 0 Å². The Morgan fingerprint density at radius 1 is 0.469 bits per heavy atom. The van der Waals surface area contributed by atoms with E-state index >= 15 is 0 Å². The summed E-state index contributed by atoms with van der Waals surface area (Å²) in [5, 5.41) is 5.33. The molecule has 32 heavy (non-hydrogen) atoms. The zero-order valence-corrected chi connectivity index (χ0v) is 19.5. The van der Waals surface area contributed by atoms with Gasteiger partial charge in [-0.1, -0.05) is 83.9 Å². The maximum atomic E-state index is 2.40. The van der Waals surface area contributed by atoms with Crippen molar-refractivity contribution in [3.8, 4) is 0 Å². The van der Waals surface area contributed by atoms with Crippen LogP contribution in [0.25, 0.3) is 21.5 Å². The molecule has 0 saturated carbocycles. The second-order valence-electron chi connectivity index (χ2n) is 9.34. The van der Waals surface area contributed by atoms with Crippen molar-refractivity contribution < 1.29 is 0 Å². The van der Waals surface area contributed by atoms with Crippen molar-refractivity contribution in [1.29, 1.82) is 0 Å². The molecule has 0 heteroatoms. The molecule has 0 aliphatic rings. The van der Waals surface area contributed by atoms with Crippen molar-refractivity contribution in [2.75, 3.05) is 0 Å². The third-order valence-electron chi connectivity index (χ3n) is 6.85. The summed E-state index contributed by atoms with van der Waals surface area (Å²) in [6, 6.07) is 31.8. The molecule has 0 fully saturated rings. The van der Waals surface area contributed by atoms with Gasteiger partial charge in [0.15, 0.2) is 0 Å². The second-order valence-corrected chi connectivity index (χ2v) is 9.34. The van der Waals surface area contributed by atoms with E-state index in [4.69, 9.17) is 0 Å². The fourth-order valence-electron chi connectivity index (χ4n) is 4.87. The van der Waals surface area contributed by atoms with Crippen LogP contribution in [0, 0.1) is 27.7 Å². The van der Waals surface area contributed by atoms with Gasteiger partial charge >= 0.3 is 0 Å². The molecule has 5 rings (SSSR count). The van der Waals surface area contributed by atoms with Gasteiger partial charge in [0.25, 0.3) is 0 Å². The second kappa shape index (κ2) is 8.28. The van der Waals surface area contributed by atoms with E-state index in [9.17, 15) is 0 Å². The van der Waals surface area contributed by atoms with Crippen LogP contribution in [-0.4, -0.2) is 0 Å². The lowest BCUT2D eigenvalue weighted by molar-refractivity contribution is 1.07. The van der Waals surface area contributed by atoms with Gasteiger partial charge in [-0.25, -0.2) is 0 Å². The summed E-state index contributed by atoms with van der Waals surface area (Å²) in [5.41, 5.74) is 11.1. The van der Waals surface area contributed by atoms with Crippen LogP contribution in [0.3, 0.4) is 0 Å². The molecule has 5 aromatic rings. The van der Waals surface area contributed by atoms with Gasteiger partial charge in [0.2, 0.25) is 0 Å². The van der Waals surface area contributed by atoms with Crippen LogP contribution >= 0.6 is 0 Å². The molecule has 0 N–H and O–H groups in total. The minimum atomic E-state index is 0.962. The van der Waals surface area contributed by atoms with Crippen molar-refractivity contribution >= 4 is 21.5 Å². The van der Waals surface area contributed by atoms with Gasteiger partial charge in [-0.3, -0.25) is 0 Å². The Balaban J connectivity index is 1.73. The first kappa shape index (κ1) is 20.5. The lowest BCUT2D eigenvalue weighted by atomic mass is 9.87. The molecule has 0 amide bonds. The van der Waals surface area contributed by atoms with Crippen LogP contribution in [0.2, 0.25) is 0 Å².